The third kappa shape index (κ3) is 4.80. The number of hydrogen-bond donors (Lipinski definition) is 7. The molecule has 2 amide bonds. The fourth-order valence-corrected chi connectivity index (χ4v) is 6.33. The first-order valence-electron chi connectivity index (χ1n) is 13.6. The average Bonchev–Trinajstić information content (AvgIpc) is 2.85. The van der Waals surface area contributed by atoms with E-state index in [1.807, 2.05) is 20.8 Å². The molecule has 8 N–H and O–H groups in total. The number of aromatic hydroxyl groups is 1. The summed E-state index contributed by atoms with van der Waals surface area (Å²) in [5, 5.41) is 51.3. The highest BCUT2D eigenvalue weighted by molar-refractivity contribution is 6.24. The Labute approximate surface area is 243 Å². The molecular weight excluding hydrogens is 546 g/mol. The molecule has 1 aromatic carbocycles. The summed E-state index contributed by atoms with van der Waals surface area (Å²) in [4.78, 5) is 55.3. The molecule has 4 rings (SSSR count). The summed E-state index contributed by atoms with van der Waals surface area (Å²) >= 11 is 0. The summed E-state index contributed by atoms with van der Waals surface area (Å²) in [7, 11) is 6.58. The number of benzene rings is 1. The largest absolute Gasteiger partial charge is 0.508 e. The molecule has 3 unspecified atom stereocenters. The molecule has 3 aliphatic rings. The second kappa shape index (κ2) is 10.4. The smallest absolute Gasteiger partial charge is 0.255 e. The Morgan fingerprint density at radius 1 is 1.12 bits per heavy atom. The molecule has 42 heavy (non-hydrogen) atoms. The SMILES string of the molecule is CN(C)c1cc(NC(=O)CNC(C)(C)C)c(O)c2c1CC1CC3C(N(C)C)C(=O)C(C(N)=O)=C(O)[C@]3(O)C(=O)C1=C2O. The number of amides is 2. The van der Waals surface area contributed by atoms with Crippen molar-refractivity contribution in [2.45, 2.75) is 50.8 Å². The molecule has 13 nitrogen and oxygen atoms in total. The molecule has 13 heteroatoms. The predicted octanol–water partition coefficient (Wildman–Crippen LogP) is 0.357. The molecule has 0 heterocycles. The van der Waals surface area contributed by atoms with Crippen LogP contribution in [0.3, 0.4) is 0 Å². The second-order valence-electron chi connectivity index (χ2n) is 12.7. The maximum atomic E-state index is 14.0. The van der Waals surface area contributed by atoms with Gasteiger partial charge >= 0.3 is 0 Å². The molecule has 228 valence electrons. The van der Waals surface area contributed by atoms with Crippen LogP contribution in [0.25, 0.3) is 5.76 Å². The van der Waals surface area contributed by atoms with Crippen molar-refractivity contribution in [1.82, 2.24) is 10.2 Å². The Balaban J connectivity index is 1.89. The highest BCUT2D eigenvalue weighted by Gasteiger charge is 2.64. The van der Waals surface area contributed by atoms with Gasteiger partial charge in [0, 0.05) is 36.8 Å². The van der Waals surface area contributed by atoms with Crippen molar-refractivity contribution in [3.05, 3.63) is 34.1 Å². The van der Waals surface area contributed by atoms with Crippen LogP contribution in [-0.4, -0.2) is 101 Å². The fourth-order valence-electron chi connectivity index (χ4n) is 6.33. The van der Waals surface area contributed by atoms with E-state index in [4.69, 9.17) is 5.73 Å². The van der Waals surface area contributed by atoms with E-state index < -0.39 is 69.7 Å². The Hall–Kier alpha value is -3.94. The van der Waals surface area contributed by atoms with Crippen LogP contribution >= 0.6 is 0 Å². The normalized spacial score (nSPS) is 25.7. The van der Waals surface area contributed by atoms with Gasteiger partial charge in [0.1, 0.15) is 22.8 Å². The van der Waals surface area contributed by atoms with E-state index in [1.54, 1.807) is 39.2 Å². The van der Waals surface area contributed by atoms with Crippen molar-refractivity contribution in [3.63, 3.8) is 0 Å². The van der Waals surface area contributed by atoms with E-state index in [0.29, 0.717) is 11.3 Å². The van der Waals surface area contributed by atoms with Crippen molar-refractivity contribution >= 4 is 40.5 Å². The fraction of sp³-hybridized carbons (Fsp3) is 0.517. The number of rotatable bonds is 6. The van der Waals surface area contributed by atoms with Gasteiger partial charge in [0.05, 0.1) is 23.8 Å². The Kier molecular flexibility index (Phi) is 7.68. The standard InChI is InChI=1S/C29H39N5O8/c1-28(2,3)31-11-17(35)32-15-10-16(33(4)5)13-8-12-9-14-21(34(6)7)24(38)20(27(30)41)26(40)29(14,42)25(39)18(12)23(37)19(13)22(15)36/h10,12,14,21,31,36-37,40,42H,8-9,11H2,1-7H3,(H2,30,41)(H,32,35)/t12?,14?,21?,29-/m1/s1. The Bertz CT molecular complexity index is 1450. The number of Topliss-reactive ketones (excluding diaryl/α,β-unsaturated/α-hetero) is 2. The monoisotopic (exact) mass is 585 g/mol. The first kappa shape index (κ1) is 31.0. The van der Waals surface area contributed by atoms with E-state index in [-0.39, 0.29) is 41.7 Å². The van der Waals surface area contributed by atoms with E-state index >= 15 is 0 Å². The van der Waals surface area contributed by atoms with E-state index in [2.05, 4.69) is 10.6 Å². The minimum Gasteiger partial charge on any atom is -0.508 e. The van der Waals surface area contributed by atoms with Gasteiger partial charge < -0.3 is 41.7 Å². The number of carbonyl (C=O) groups excluding carboxylic acids is 4. The lowest BCUT2D eigenvalue weighted by Crippen LogP contribution is -2.65. The van der Waals surface area contributed by atoms with E-state index in [0.717, 1.165) is 0 Å². The minimum absolute atomic E-state index is 0.00158. The lowest BCUT2D eigenvalue weighted by atomic mass is 9.57. The number of aliphatic hydroxyl groups is 3. The second-order valence-corrected chi connectivity index (χ2v) is 12.7. The molecule has 0 aliphatic heterocycles. The van der Waals surface area contributed by atoms with Crippen LogP contribution in [0.1, 0.15) is 38.3 Å². The molecule has 4 atom stereocenters. The zero-order valence-corrected chi connectivity index (χ0v) is 24.8. The number of likely N-dealkylation sites (N-methyl/N-ethyl adjacent to an activating group) is 1. The molecule has 0 spiro atoms. The van der Waals surface area contributed by atoms with Gasteiger partial charge in [0.2, 0.25) is 11.7 Å². The number of ketones is 2. The van der Waals surface area contributed by atoms with E-state index in [9.17, 15) is 39.6 Å². The van der Waals surface area contributed by atoms with Gasteiger partial charge in [-0.2, -0.15) is 0 Å². The third-order valence-electron chi connectivity index (χ3n) is 8.23. The number of anilines is 2. The maximum absolute atomic E-state index is 14.0. The summed E-state index contributed by atoms with van der Waals surface area (Å²) in [5.41, 5.74) is 2.11. The molecule has 1 fully saturated rings. The lowest BCUT2D eigenvalue weighted by molar-refractivity contribution is -0.153. The number of aliphatic hydroxyl groups excluding tert-OH is 2. The van der Waals surface area contributed by atoms with Crippen molar-refractivity contribution in [2.24, 2.45) is 17.6 Å². The molecule has 0 aromatic heterocycles. The number of phenols is 1. The number of carbonyl (C=O) groups is 4. The minimum atomic E-state index is -2.73. The van der Waals surface area contributed by atoms with Gasteiger partial charge in [-0.25, -0.2) is 0 Å². The molecule has 0 bridgehead atoms. The molecular formula is C29H39N5O8. The lowest BCUT2D eigenvalue weighted by Gasteiger charge is -2.50. The first-order chi connectivity index (χ1) is 19.3. The number of nitrogens with two attached hydrogens (primary N) is 1. The Morgan fingerprint density at radius 3 is 2.26 bits per heavy atom. The van der Waals surface area contributed by atoms with Crippen molar-refractivity contribution in [2.75, 3.05) is 45.0 Å². The molecule has 3 aliphatic carbocycles. The van der Waals surface area contributed by atoms with Crippen LogP contribution in [0.2, 0.25) is 0 Å². The van der Waals surface area contributed by atoms with Crippen LogP contribution < -0.4 is 21.3 Å². The number of hydrogen-bond acceptors (Lipinski definition) is 11. The van der Waals surface area contributed by atoms with Gasteiger partial charge in [-0.05, 0) is 65.3 Å². The van der Waals surface area contributed by atoms with Crippen LogP contribution in [-0.2, 0) is 25.6 Å². The summed E-state index contributed by atoms with van der Waals surface area (Å²) in [5.74, 6) is -7.79. The molecule has 1 saturated carbocycles. The van der Waals surface area contributed by atoms with Gasteiger partial charge in [0.25, 0.3) is 5.91 Å². The zero-order valence-electron chi connectivity index (χ0n) is 24.8. The number of primary amides is 1. The van der Waals surface area contributed by atoms with Crippen molar-refractivity contribution < 1.29 is 39.6 Å². The number of nitrogens with zero attached hydrogens (tertiary/aromatic N) is 2. The maximum Gasteiger partial charge on any atom is 0.255 e. The van der Waals surface area contributed by atoms with Crippen molar-refractivity contribution in [3.8, 4) is 5.75 Å². The van der Waals surface area contributed by atoms with Gasteiger partial charge in [-0.3, -0.25) is 24.1 Å². The predicted molar refractivity (Wildman–Crippen MR) is 155 cm³/mol. The van der Waals surface area contributed by atoms with Gasteiger partial charge in [0.15, 0.2) is 11.4 Å². The topological polar surface area (TPSA) is 206 Å². The van der Waals surface area contributed by atoms with Crippen molar-refractivity contribution in [1.29, 1.82) is 0 Å². The Morgan fingerprint density at radius 2 is 1.74 bits per heavy atom. The highest BCUT2D eigenvalue weighted by Crippen LogP contribution is 2.54. The van der Waals surface area contributed by atoms with Crippen LogP contribution in [0.4, 0.5) is 11.4 Å². The van der Waals surface area contributed by atoms with Crippen LogP contribution in [0.15, 0.2) is 23.0 Å². The molecule has 0 saturated heterocycles. The molecule has 1 aromatic rings. The van der Waals surface area contributed by atoms with Gasteiger partial charge in [-0.15, -0.1) is 0 Å². The van der Waals surface area contributed by atoms with Crippen LogP contribution in [0.5, 0.6) is 5.75 Å². The van der Waals surface area contributed by atoms with Gasteiger partial charge in [-0.1, -0.05) is 0 Å². The number of fused-ring (bicyclic) bond motifs is 3. The summed E-state index contributed by atoms with van der Waals surface area (Å²) < 4.78 is 0. The quantitative estimate of drug-likeness (QED) is 0.179. The van der Waals surface area contributed by atoms with E-state index in [1.165, 1.54) is 4.90 Å². The number of phenolic OH excluding ortho intramolecular Hbond substituents is 1. The number of nitrogens with one attached hydrogen (secondary N) is 2. The highest BCUT2D eigenvalue weighted by atomic mass is 16.3. The zero-order chi connectivity index (χ0) is 31.6. The van der Waals surface area contributed by atoms with Crippen LogP contribution in [0, 0.1) is 11.8 Å². The third-order valence-corrected chi connectivity index (χ3v) is 8.23. The summed E-state index contributed by atoms with van der Waals surface area (Å²) in [6.45, 7) is 5.62. The summed E-state index contributed by atoms with van der Waals surface area (Å²) in [6, 6.07) is 0.409. The molecule has 0 radical (unpaired) electrons. The summed E-state index contributed by atoms with van der Waals surface area (Å²) in [6.07, 6.45) is 0.117. The average molecular weight is 586 g/mol. The first-order valence-corrected chi connectivity index (χ1v) is 13.6.